The zero-order chi connectivity index (χ0) is 14.1. The fraction of sp³-hybridized carbons (Fsp3) is 0.706. The summed E-state index contributed by atoms with van der Waals surface area (Å²) < 4.78 is 0. The highest BCUT2D eigenvalue weighted by Gasteiger charge is 2.53. The maximum atomic E-state index is 11.7. The molecule has 5 rings (SSSR count). The van der Waals surface area contributed by atoms with E-state index in [1.54, 1.807) is 0 Å². The smallest absolute Gasteiger partial charge is 0.337 e. The molecule has 0 aliphatic heterocycles. The predicted octanol–water partition coefficient (Wildman–Crippen LogP) is 3.80. The molecule has 0 saturated heterocycles. The largest absolute Gasteiger partial charge is 0.478 e. The molecular weight excluding hydrogens is 250 g/mol. The minimum Gasteiger partial charge on any atom is -0.478 e. The van der Waals surface area contributed by atoms with Gasteiger partial charge >= 0.3 is 5.97 Å². The Balaban J connectivity index is 1.85. The maximum Gasteiger partial charge on any atom is 0.337 e. The molecule has 3 nitrogen and oxygen atoms in total. The lowest BCUT2D eigenvalue weighted by Crippen LogP contribution is -2.49. The van der Waals surface area contributed by atoms with Crippen molar-refractivity contribution >= 4 is 5.97 Å². The second kappa shape index (κ2) is 3.90. The van der Waals surface area contributed by atoms with E-state index >= 15 is 0 Å². The molecule has 0 spiro atoms. The highest BCUT2D eigenvalue weighted by Crippen LogP contribution is 2.61. The molecule has 108 valence electrons. The Labute approximate surface area is 119 Å². The van der Waals surface area contributed by atoms with Gasteiger partial charge in [0.25, 0.3) is 0 Å². The first-order valence-corrected chi connectivity index (χ1v) is 7.91. The van der Waals surface area contributed by atoms with Gasteiger partial charge in [-0.3, -0.25) is 0 Å². The summed E-state index contributed by atoms with van der Waals surface area (Å²) in [5.41, 5.74) is 3.74. The molecule has 4 saturated carbocycles. The number of aromatic carboxylic acids is 1. The van der Waals surface area contributed by atoms with Crippen LogP contribution in [0.3, 0.4) is 0 Å². The van der Waals surface area contributed by atoms with Gasteiger partial charge in [-0.25, -0.2) is 4.79 Å². The van der Waals surface area contributed by atoms with E-state index in [-0.39, 0.29) is 5.41 Å². The number of aryl methyl sites for hydroxylation is 1. The van der Waals surface area contributed by atoms with E-state index in [4.69, 9.17) is 0 Å². The minimum atomic E-state index is -0.752. The summed E-state index contributed by atoms with van der Waals surface area (Å²) in [6, 6.07) is 0. The number of H-pyrrole nitrogens is 1. The van der Waals surface area contributed by atoms with Gasteiger partial charge in [0.1, 0.15) is 0 Å². The topological polar surface area (TPSA) is 53.1 Å². The number of hydrogen-bond acceptors (Lipinski definition) is 1. The second-order valence-electron chi connectivity index (χ2n) is 7.63. The summed E-state index contributed by atoms with van der Waals surface area (Å²) in [5, 5.41) is 9.64. The average molecular weight is 273 g/mol. The maximum absolute atomic E-state index is 11.7. The summed E-state index contributed by atoms with van der Waals surface area (Å²) in [6.45, 7) is 3.95. The Kier molecular flexibility index (Phi) is 2.43. The lowest BCUT2D eigenvalue weighted by atomic mass is 9.48. The van der Waals surface area contributed by atoms with Crippen LogP contribution in [0.25, 0.3) is 0 Å². The molecule has 0 atom stereocenters. The summed E-state index contributed by atoms with van der Waals surface area (Å²) >= 11 is 0. The van der Waals surface area contributed by atoms with Crippen LogP contribution in [0, 0.1) is 31.6 Å². The van der Waals surface area contributed by atoms with Crippen molar-refractivity contribution in [3.63, 3.8) is 0 Å². The first kappa shape index (κ1) is 12.5. The van der Waals surface area contributed by atoms with Gasteiger partial charge in [-0.05, 0) is 75.7 Å². The minimum absolute atomic E-state index is 0.140. The summed E-state index contributed by atoms with van der Waals surface area (Å²) in [4.78, 5) is 15.2. The molecule has 2 N–H and O–H groups in total. The molecule has 20 heavy (non-hydrogen) atoms. The fourth-order valence-corrected chi connectivity index (χ4v) is 5.80. The number of hydrogen-bond donors (Lipinski definition) is 2. The van der Waals surface area contributed by atoms with Crippen LogP contribution in [-0.2, 0) is 5.41 Å². The third-order valence-electron chi connectivity index (χ3n) is 6.28. The fourth-order valence-electron chi connectivity index (χ4n) is 5.80. The normalized spacial score (nSPS) is 38.4. The highest BCUT2D eigenvalue weighted by atomic mass is 16.4. The molecule has 0 radical (unpaired) electrons. The number of aromatic amines is 1. The molecule has 0 amide bonds. The molecule has 0 unspecified atom stereocenters. The van der Waals surface area contributed by atoms with Crippen LogP contribution in [-0.4, -0.2) is 16.1 Å². The van der Waals surface area contributed by atoms with Crippen LogP contribution >= 0.6 is 0 Å². The third kappa shape index (κ3) is 1.55. The van der Waals surface area contributed by atoms with E-state index in [0.29, 0.717) is 5.56 Å². The van der Waals surface area contributed by atoms with Gasteiger partial charge in [0.2, 0.25) is 0 Å². The van der Waals surface area contributed by atoms with Crippen LogP contribution in [0.2, 0.25) is 0 Å². The lowest BCUT2D eigenvalue weighted by molar-refractivity contribution is -0.00764. The Morgan fingerprint density at radius 1 is 1.10 bits per heavy atom. The van der Waals surface area contributed by atoms with E-state index in [9.17, 15) is 9.90 Å². The van der Waals surface area contributed by atoms with Crippen molar-refractivity contribution in [3.05, 3.63) is 22.5 Å². The number of carboxylic acids is 1. The standard InChI is InChI=1S/C17H23NO2/c1-9-10(2)18-15(14(9)16(19)20)17-6-11-3-12(7-17)5-13(4-11)8-17/h11-13,18H,3-8H2,1-2H3,(H,19,20). The SMILES string of the molecule is Cc1[nH]c(C23CC4CC(CC(C4)C2)C3)c(C(=O)O)c1C. The zero-order valence-corrected chi connectivity index (χ0v) is 12.3. The van der Waals surface area contributed by atoms with Crippen molar-refractivity contribution in [1.29, 1.82) is 0 Å². The number of carbonyl (C=O) groups is 1. The van der Waals surface area contributed by atoms with Crippen LogP contribution in [0.5, 0.6) is 0 Å². The lowest BCUT2D eigenvalue weighted by Gasteiger charge is -2.56. The van der Waals surface area contributed by atoms with Crippen molar-refractivity contribution in [2.24, 2.45) is 17.8 Å². The number of nitrogens with one attached hydrogen (secondary N) is 1. The zero-order valence-electron chi connectivity index (χ0n) is 12.3. The molecule has 4 fully saturated rings. The van der Waals surface area contributed by atoms with E-state index in [1.165, 1.54) is 38.5 Å². The molecule has 4 bridgehead atoms. The van der Waals surface area contributed by atoms with Crippen molar-refractivity contribution in [3.8, 4) is 0 Å². The molecule has 4 aliphatic carbocycles. The third-order valence-corrected chi connectivity index (χ3v) is 6.28. The molecule has 1 aromatic heterocycles. The molecule has 0 aromatic carbocycles. The van der Waals surface area contributed by atoms with Crippen molar-refractivity contribution in [1.82, 2.24) is 4.98 Å². The first-order valence-electron chi connectivity index (χ1n) is 7.91. The van der Waals surface area contributed by atoms with Gasteiger partial charge in [0, 0.05) is 16.8 Å². The van der Waals surface area contributed by atoms with Crippen LogP contribution in [0.4, 0.5) is 0 Å². The van der Waals surface area contributed by atoms with Crippen LogP contribution in [0.1, 0.15) is 65.8 Å². The van der Waals surface area contributed by atoms with Gasteiger partial charge in [-0.1, -0.05) is 0 Å². The quantitative estimate of drug-likeness (QED) is 0.861. The number of rotatable bonds is 2. The van der Waals surface area contributed by atoms with Gasteiger partial charge in [-0.15, -0.1) is 0 Å². The predicted molar refractivity (Wildman–Crippen MR) is 77.1 cm³/mol. The summed E-state index contributed by atoms with van der Waals surface area (Å²) in [5.74, 6) is 1.77. The van der Waals surface area contributed by atoms with E-state index in [2.05, 4.69) is 4.98 Å². The molecule has 1 heterocycles. The molecular formula is C17H23NO2. The number of aromatic nitrogens is 1. The Bertz CT molecular complexity index is 549. The molecule has 3 heteroatoms. The molecule has 1 aromatic rings. The van der Waals surface area contributed by atoms with Gasteiger partial charge in [-0.2, -0.15) is 0 Å². The van der Waals surface area contributed by atoms with E-state index in [1.807, 2.05) is 13.8 Å². The Morgan fingerprint density at radius 3 is 2.05 bits per heavy atom. The summed E-state index contributed by atoms with van der Waals surface area (Å²) in [7, 11) is 0. The monoisotopic (exact) mass is 273 g/mol. The second-order valence-corrected chi connectivity index (χ2v) is 7.63. The van der Waals surface area contributed by atoms with Crippen molar-refractivity contribution < 1.29 is 9.90 Å². The molecule has 4 aliphatic rings. The van der Waals surface area contributed by atoms with Gasteiger partial charge < -0.3 is 10.1 Å². The van der Waals surface area contributed by atoms with E-state index in [0.717, 1.165) is 34.7 Å². The van der Waals surface area contributed by atoms with Crippen LogP contribution in [0.15, 0.2) is 0 Å². The van der Waals surface area contributed by atoms with Gasteiger partial charge in [0.05, 0.1) is 5.56 Å². The van der Waals surface area contributed by atoms with E-state index < -0.39 is 5.97 Å². The summed E-state index contributed by atoms with van der Waals surface area (Å²) in [6.07, 6.45) is 7.79. The van der Waals surface area contributed by atoms with Gasteiger partial charge in [0.15, 0.2) is 0 Å². The Hall–Kier alpha value is -1.25. The van der Waals surface area contributed by atoms with Crippen molar-refractivity contribution in [2.45, 2.75) is 57.8 Å². The first-order chi connectivity index (χ1) is 9.48. The number of carboxylic acid groups (broad SMARTS) is 1. The van der Waals surface area contributed by atoms with Crippen LogP contribution < -0.4 is 0 Å². The highest BCUT2D eigenvalue weighted by molar-refractivity contribution is 5.91. The average Bonchev–Trinajstić information content (AvgIpc) is 2.65. The Morgan fingerprint density at radius 2 is 1.60 bits per heavy atom. The van der Waals surface area contributed by atoms with Crippen molar-refractivity contribution in [2.75, 3.05) is 0 Å².